The zero-order valence-corrected chi connectivity index (χ0v) is 17.3. The number of hydrogen-bond acceptors (Lipinski definition) is 3. The Morgan fingerprint density at radius 2 is 1.71 bits per heavy atom. The second-order valence-corrected chi connectivity index (χ2v) is 8.18. The van der Waals surface area contributed by atoms with E-state index < -0.39 is 6.04 Å². The molecule has 0 bridgehead atoms. The van der Waals surface area contributed by atoms with Gasteiger partial charge in [0, 0.05) is 5.39 Å². The number of rotatable bonds is 6. The lowest BCUT2D eigenvalue weighted by Gasteiger charge is -2.18. The van der Waals surface area contributed by atoms with Crippen molar-refractivity contribution in [1.29, 1.82) is 0 Å². The van der Waals surface area contributed by atoms with Crippen molar-refractivity contribution in [2.75, 3.05) is 11.4 Å². The van der Waals surface area contributed by atoms with E-state index in [4.69, 9.17) is 5.73 Å². The Hall–Kier alpha value is -3.44. The van der Waals surface area contributed by atoms with Gasteiger partial charge in [0.25, 0.3) is 5.91 Å². The summed E-state index contributed by atoms with van der Waals surface area (Å²) in [6, 6.07) is 19.5. The second-order valence-electron chi connectivity index (χ2n) is 8.18. The van der Waals surface area contributed by atoms with Gasteiger partial charge in [-0.1, -0.05) is 60.7 Å². The molecule has 1 fully saturated rings. The van der Waals surface area contributed by atoms with Gasteiger partial charge in [-0.2, -0.15) is 0 Å². The highest BCUT2D eigenvalue weighted by molar-refractivity contribution is 6.25. The summed E-state index contributed by atoms with van der Waals surface area (Å²) < 4.78 is 0. The first-order valence-corrected chi connectivity index (χ1v) is 10.8. The lowest BCUT2D eigenvalue weighted by Crippen LogP contribution is -2.31. The van der Waals surface area contributed by atoms with Gasteiger partial charge in [0.15, 0.2) is 0 Å². The number of amides is 3. The smallest absolute Gasteiger partial charge is 0.329 e. The molecule has 0 radical (unpaired) electrons. The highest BCUT2D eigenvalue weighted by Crippen LogP contribution is 2.38. The first-order valence-electron chi connectivity index (χ1n) is 10.8. The van der Waals surface area contributed by atoms with E-state index in [1.54, 1.807) is 0 Å². The maximum absolute atomic E-state index is 13.0. The molecule has 0 saturated carbocycles. The summed E-state index contributed by atoms with van der Waals surface area (Å²) in [6.45, 7) is 0.588. The fraction of sp³-hybridized carbons (Fsp3) is 0.231. The lowest BCUT2D eigenvalue weighted by molar-refractivity contribution is -0.118. The Bertz CT molecular complexity index is 1210. The Balaban J connectivity index is 1.52. The molecule has 3 aromatic carbocycles. The summed E-state index contributed by atoms with van der Waals surface area (Å²) in [7, 11) is 0. The van der Waals surface area contributed by atoms with Crippen LogP contribution in [0.3, 0.4) is 0 Å². The average molecular weight is 412 g/mol. The standard InChI is InChI=1S/C26H25N3O2/c27-14-6-5-11-23-25(30)29(26(31)28-23)24-13-12-20(21-9-3-4-10-22(21)24)19-15-17-7-1-2-8-18(17)16-19/h1-4,7-10,12-13,15,23H,5-6,11,14,16,27H2,(H,28,31)/t23-/m0/s1. The molecule has 1 aliphatic heterocycles. The predicted octanol–water partition coefficient (Wildman–Crippen LogP) is 4.49. The predicted molar refractivity (Wildman–Crippen MR) is 125 cm³/mol. The minimum atomic E-state index is -0.482. The third-order valence-corrected chi connectivity index (χ3v) is 6.22. The molecule has 5 heteroatoms. The van der Waals surface area contributed by atoms with Gasteiger partial charge in [0.05, 0.1) is 5.69 Å². The fourth-order valence-electron chi connectivity index (χ4n) is 4.66. The summed E-state index contributed by atoms with van der Waals surface area (Å²) in [6.07, 6.45) is 5.38. The van der Waals surface area contributed by atoms with Crippen molar-refractivity contribution in [3.8, 4) is 0 Å². The highest BCUT2D eigenvalue weighted by Gasteiger charge is 2.39. The topological polar surface area (TPSA) is 75.4 Å². The van der Waals surface area contributed by atoms with Crippen LogP contribution >= 0.6 is 0 Å². The van der Waals surface area contributed by atoms with Crippen LogP contribution < -0.4 is 16.0 Å². The number of nitrogens with zero attached hydrogens (tertiary/aromatic N) is 1. The molecule has 1 heterocycles. The van der Waals surface area contributed by atoms with Crippen molar-refractivity contribution in [3.63, 3.8) is 0 Å². The van der Waals surface area contributed by atoms with Gasteiger partial charge in [0.1, 0.15) is 6.04 Å². The van der Waals surface area contributed by atoms with E-state index in [2.05, 4.69) is 41.7 Å². The molecule has 5 nitrogen and oxygen atoms in total. The van der Waals surface area contributed by atoms with Crippen molar-refractivity contribution in [2.45, 2.75) is 31.7 Å². The van der Waals surface area contributed by atoms with Crippen LogP contribution in [0.25, 0.3) is 22.4 Å². The summed E-state index contributed by atoms with van der Waals surface area (Å²) in [5.74, 6) is -0.188. The van der Waals surface area contributed by atoms with Crippen molar-refractivity contribution >= 4 is 40.0 Å². The zero-order chi connectivity index (χ0) is 21.4. The van der Waals surface area contributed by atoms with E-state index in [1.807, 2.05) is 30.3 Å². The van der Waals surface area contributed by atoms with Gasteiger partial charge in [-0.3, -0.25) is 4.79 Å². The molecule has 5 rings (SSSR count). The monoisotopic (exact) mass is 411 g/mol. The van der Waals surface area contributed by atoms with Crippen LogP contribution in [0.4, 0.5) is 10.5 Å². The fourth-order valence-corrected chi connectivity index (χ4v) is 4.66. The van der Waals surface area contributed by atoms with Gasteiger partial charge in [-0.15, -0.1) is 0 Å². The van der Waals surface area contributed by atoms with Crippen molar-refractivity contribution in [3.05, 3.63) is 77.4 Å². The van der Waals surface area contributed by atoms with Crippen LogP contribution in [0.2, 0.25) is 0 Å². The first-order chi connectivity index (χ1) is 15.2. The number of allylic oxidation sites excluding steroid dienone is 1. The number of benzene rings is 3. The van der Waals surface area contributed by atoms with E-state index in [0.717, 1.165) is 35.6 Å². The Kier molecular flexibility index (Phi) is 5.04. The number of imide groups is 1. The lowest BCUT2D eigenvalue weighted by atomic mass is 9.95. The van der Waals surface area contributed by atoms with E-state index >= 15 is 0 Å². The largest absolute Gasteiger partial charge is 0.330 e. The molecule has 1 aliphatic carbocycles. The zero-order valence-electron chi connectivity index (χ0n) is 17.3. The molecule has 156 valence electrons. The molecule has 31 heavy (non-hydrogen) atoms. The summed E-state index contributed by atoms with van der Waals surface area (Å²) >= 11 is 0. The number of urea groups is 1. The van der Waals surface area contributed by atoms with E-state index in [1.165, 1.54) is 21.6 Å². The molecule has 3 amide bonds. The van der Waals surface area contributed by atoms with Crippen LogP contribution in [0.15, 0.2) is 60.7 Å². The van der Waals surface area contributed by atoms with Crippen molar-refractivity contribution in [2.24, 2.45) is 5.73 Å². The Morgan fingerprint density at radius 1 is 0.935 bits per heavy atom. The molecule has 0 unspecified atom stereocenters. The quantitative estimate of drug-likeness (QED) is 0.464. The summed E-state index contributed by atoms with van der Waals surface area (Å²) in [5, 5.41) is 4.80. The van der Waals surface area contributed by atoms with E-state index in [-0.39, 0.29) is 11.9 Å². The van der Waals surface area contributed by atoms with Gasteiger partial charge in [-0.25, -0.2) is 9.69 Å². The molecule has 0 spiro atoms. The molecule has 1 saturated heterocycles. The van der Waals surface area contributed by atoms with Crippen LogP contribution in [0.1, 0.15) is 36.0 Å². The normalized spacial score (nSPS) is 17.8. The SMILES string of the molecule is NCCCC[C@@H]1NC(=O)N(c2ccc(C3=Cc4ccccc4C3)c3ccccc23)C1=O. The molecular formula is C26H25N3O2. The number of nitrogens with two attached hydrogens (primary N) is 1. The van der Waals surface area contributed by atoms with E-state index in [9.17, 15) is 9.59 Å². The summed E-state index contributed by atoms with van der Waals surface area (Å²) in [4.78, 5) is 27.1. The van der Waals surface area contributed by atoms with Crippen LogP contribution in [-0.4, -0.2) is 24.5 Å². The van der Waals surface area contributed by atoms with E-state index in [0.29, 0.717) is 18.7 Å². The molecule has 2 aliphatic rings. The van der Waals surface area contributed by atoms with Gasteiger partial charge in [-0.05, 0) is 65.9 Å². The third kappa shape index (κ3) is 3.41. The number of anilines is 1. The molecule has 3 aromatic rings. The van der Waals surface area contributed by atoms with Crippen molar-refractivity contribution in [1.82, 2.24) is 5.32 Å². The number of fused-ring (bicyclic) bond motifs is 2. The number of nitrogens with one attached hydrogen (secondary N) is 1. The average Bonchev–Trinajstić information content (AvgIpc) is 3.34. The molecule has 1 atom stereocenters. The highest BCUT2D eigenvalue weighted by atomic mass is 16.2. The first kappa shape index (κ1) is 19.5. The molecule has 0 aromatic heterocycles. The number of carbonyl (C=O) groups excluding carboxylic acids is 2. The minimum Gasteiger partial charge on any atom is -0.330 e. The minimum absolute atomic E-state index is 0.188. The van der Waals surface area contributed by atoms with Crippen LogP contribution in [-0.2, 0) is 11.2 Å². The molecular weight excluding hydrogens is 386 g/mol. The maximum atomic E-state index is 13.0. The van der Waals surface area contributed by atoms with Gasteiger partial charge >= 0.3 is 6.03 Å². The third-order valence-electron chi connectivity index (χ3n) is 6.22. The number of unbranched alkanes of at least 4 members (excludes halogenated alkanes) is 1. The Labute approximate surface area is 181 Å². The number of hydrogen-bond donors (Lipinski definition) is 2. The van der Waals surface area contributed by atoms with Gasteiger partial charge in [0.2, 0.25) is 0 Å². The molecule has 3 N–H and O–H groups in total. The van der Waals surface area contributed by atoms with Gasteiger partial charge < -0.3 is 11.1 Å². The van der Waals surface area contributed by atoms with Crippen molar-refractivity contribution < 1.29 is 9.59 Å². The Morgan fingerprint density at radius 3 is 2.52 bits per heavy atom. The van der Waals surface area contributed by atoms with Crippen LogP contribution in [0, 0.1) is 0 Å². The second kappa shape index (κ2) is 8.00. The maximum Gasteiger partial charge on any atom is 0.329 e. The van der Waals surface area contributed by atoms with Crippen LogP contribution in [0.5, 0.6) is 0 Å². The summed E-state index contributed by atoms with van der Waals surface area (Å²) in [5.41, 5.74) is 11.2. The number of carbonyl (C=O) groups is 2.